The first kappa shape index (κ1) is 5.68. The fraction of sp³-hybridized carbons (Fsp3) is 1.00. The van der Waals surface area contributed by atoms with E-state index in [1.54, 1.807) is 0 Å². The predicted molar refractivity (Wildman–Crippen MR) is 31.9 cm³/mol. The summed E-state index contributed by atoms with van der Waals surface area (Å²) in [6, 6.07) is 0. The highest BCUT2D eigenvalue weighted by atomic mass is 32.1. The molecular formula is C3H6N4S. The standard InChI is InChI=1S/C3H6N4S/c1-2(8)3-4-6-7-5-3/h2-3,8H,1H3. The second-order valence-electron chi connectivity index (χ2n) is 1.56. The van der Waals surface area contributed by atoms with Gasteiger partial charge in [0.1, 0.15) is 0 Å². The first-order chi connectivity index (χ1) is 3.80. The van der Waals surface area contributed by atoms with Crippen LogP contribution >= 0.6 is 12.6 Å². The summed E-state index contributed by atoms with van der Waals surface area (Å²) >= 11 is 4.09. The molecule has 0 aromatic heterocycles. The summed E-state index contributed by atoms with van der Waals surface area (Å²) in [5, 5.41) is 14.1. The van der Waals surface area contributed by atoms with Crippen molar-refractivity contribution in [2.45, 2.75) is 18.3 Å². The van der Waals surface area contributed by atoms with Crippen molar-refractivity contribution in [1.29, 1.82) is 0 Å². The molecule has 8 heavy (non-hydrogen) atoms. The highest BCUT2D eigenvalue weighted by Gasteiger charge is 2.13. The van der Waals surface area contributed by atoms with Gasteiger partial charge in [-0.25, -0.2) is 0 Å². The van der Waals surface area contributed by atoms with Crippen LogP contribution in [-0.4, -0.2) is 11.4 Å². The van der Waals surface area contributed by atoms with Gasteiger partial charge < -0.3 is 0 Å². The van der Waals surface area contributed by atoms with Crippen molar-refractivity contribution >= 4 is 12.6 Å². The fourth-order valence-corrected chi connectivity index (χ4v) is 0.487. The summed E-state index contributed by atoms with van der Waals surface area (Å²) in [7, 11) is 0. The molecule has 1 unspecified atom stereocenters. The summed E-state index contributed by atoms with van der Waals surface area (Å²) in [6.07, 6.45) is -0.154. The van der Waals surface area contributed by atoms with Gasteiger partial charge in [-0.05, 0) is 17.4 Å². The second-order valence-corrected chi connectivity index (χ2v) is 2.38. The van der Waals surface area contributed by atoms with Crippen LogP contribution in [0.1, 0.15) is 6.92 Å². The molecule has 1 aliphatic heterocycles. The summed E-state index contributed by atoms with van der Waals surface area (Å²) in [4.78, 5) is 0. The number of thiol groups is 1. The molecule has 0 aliphatic carbocycles. The molecule has 1 rings (SSSR count). The van der Waals surface area contributed by atoms with Crippen LogP contribution in [-0.2, 0) is 0 Å². The van der Waals surface area contributed by atoms with Crippen molar-refractivity contribution in [3.05, 3.63) is 0 Å². The lowest BCUT2D eigenvalue weighted by atomic mass is 10.4. The predicted octanol–water partition coefficient (Wildman–Crippen LogP) is 1.46. The Balaban J connectivity index is 2.49. The van der Waals surface area contributed by atoms with Gasteiger partial charge >= 0.3 is 0 Å². The van der Waals surface area contributed by atoms with E-state index in [9.17, 15) is 0 Å². The molecule has 44 valence electrons. The van der Waals surface area contributed by atoms with Crippen LogP contribution in [0.5, 0.6) is 0 Å². The maximum absolute atomic E-state index is 4.09. The van der Waals surface area contributed by atoms with Gasteiger partial charge in [0.15, 0.2) is 6.17 Å². The van der Waals surface area contributed by atoms with E-state index in [1.807, 2.05) is 6.92 Å². The van der Waals surface area contributed by atoms with E-state index in [0.29, 0.717) is 0 Å². The van der Waals surface area contributed by atoms with Gasteiger partial charge in [0, 0.05) is 5.25 Å². The largest absolute Gasteiger partial charge is 0.196 e. The Hall–Kier alpha value is -0.450. The summed E-state index contributed by atoms with van der Waals surface area (Å²) in [5.41, 5.74) is 0. The van der Waals surface area contributed by atoms with E-state index in [1.165, 1.54) is 0 Å². The Morgan fingerprint density at radius 2 is 1.88 bits per heavy atom. The zero-order valence-corrected chi connectivity index (χ0v) is 5.29. The van der Waals surface area contributed by atoms with Crippen LogP contribution in [0.4, 0.5) is 0 Å². The molecule has 4 nitrogen and oxygen atoms in total. The summed E-state index contributed by atoms with van der Waals surface area (Å²) < 4.78 is 0. The van der Waals surface area contributed by atoms with Gasteiger partial charge in [0.2, 0.25) is 0 Å². The molecule has 0 radical (unpaired) electrons. The minimum absolute atomic E-state index is 0.116. The van der Waals surface area contributed by atoms with Crippen LogP contribution in [0.2, 0.25) is 0 Å². The first-order valence-electron chi connectivity index (χ1n) is 2.29. The molecule has 0 saturated carbocycles. The van der Waals surface area contributed by atoms with Crippen LogP contribution in [0.15, 0.2) is 20.7 Å². The third-order valence-corrected chi connectivity index (χ3v) is 1.08. The average molecular weight is 130 g/mol. The Bertz CT molecular complexity index is 117. The molecule has 0 N–H and O–H groups in total. The Morgan fingerprint density at radius 1 is 1.38 bits per heavy atom. The van der Waals surface area contributed by atoms with E-state index in [-0.39, 0.29) is 11.4 Å². The van der Waals surface area contributed by atoms with Crippen LogP contribution in [0.25, 0.3) is 0 Å². The topological polar surface area (TPSA) is 49.4 Å². The molecule has 0 bridgehead atoms. The maximum Gasteiger partial charge on any atom is 0.196 e. The monoisotopic (exact) mass is 130 g/mol. The maximum atomic E-state index is 4.09. The molecule has 0 saturated heterocycles. The normalized spacial score (nSPS) is 22.2. The molecule has 0 spiro atoms. The van der Waals surface area contributed by atoms with Crippen molar-refractivity contribution in [3.63, 3.8) is 0 Å². The fourth-order valence-electron chi connectivity index (χ4n) is 0.368. The first-order valence-corrected chi connectivity index (χ1v) is 2.80. The lowest BCUT2D eigenvalue weighted by molar-refractivity contribution is 0.695. The van der Waals surface area contributed by atoms with Crippen molar-refractivity contribution in [2.75, 3.05) is 0 Å². The minimum atomic E-state index is -0.154. The molecule has 0 amide bonds. The molecule has 1 atom stereocenters. The molecule has 1 heterocycles. The van der Waals surface area contributed by atoms with Crippen molar-refractivity contribution in [1.82, 2.24) is 0 Å². The molecular weight excluding hydrogens is 124 g/mol. The SMILES string of the molecule is CC(S)C1N=NN=N1. The van der Waals surface area contributed by atoms with E-state index in [0.717, 1.165) is 0 Å². The molecule has 0 aromatic carbocycles. The van der Waals surface area contributed by atoms with Crippen molar-refractivity contribution < 1.29 is 0 Å². The summed E-state index contributed by atoms with van der Waals surface area (Å²) in [5.74, 6) is 0. The van der Waals surface area contributed by atoms with Gasteiger partial charge in [0.05, 0.1) is 0 Å². The van der Waals surface area contributed by atoms with Gasteiger partial charge in [-0.15, -0.1) is 10.2 Å². The number of hydrogen-bond acceptors (Lipinski definition) is 5. The lowest BCUT2D eigenvalue weighted by Crippen LogP contribution is -2.09. The van der Waals surface area contributed by atoms with Crippen LogP contribution < -0.4 is 0 Å². The lowest BCUT2D eigenvalue weighted by Gasteiger charge is -2.00. The third-order valence-electron chi connectivity index (χ3n) is 0.811. The zero-order valence-electron chi connectivity index (χ0n) is 4.39. The Labute approximate surface area is 52.5 Å². The van der Waals surface area contributed by atoms with E-state index in [4.69, 9.17) is 0 Å². The van der Waals surface area contributed by atoms with Gasteiger partial charge in [0.25, 0.3) is 0 Å². The van der Waals surface area contributed by atoms with Gasteiger partial charge in [-0.2, -0.15) is 12.6 Å². The van der Waals surface area contributed by atoms with Crippen LogP contribution in [0.3, 0.4) is 0 Å². The van der Waals surface area contributed by atoms with E-state index < -0.39 is 0 Å². The van der Waals surface area contributed by atoms with Gasteiger partial charge in [-0.1, -0.05) is 0 Å². The third kappa shape index (κ3) is 1.03. The van der Waals surface area contributed by atoms with Gasteiger partial charge in [-0.3, -0.25) is 0 Å². The molecule has 0 fully saturated rings. The second kappa shape index (κ2) is 2.21. The highest BCUT2D eigenvalue weighted by molar-refractivity contribution is 7.81. The van der Waals surface area contributed by atoms with E-state index in [2.05, 4.69) is 33.3 Å². The molecule has 0 aromatic rings. The zero-order chi connectivity index (χ0) is 5.98. The Morgan fingerprint density at radius 3 is 2.12 bits per heavy atom. The molecule has 5 heteroatoms. The van der Waals surface area contributed by atoms with Crippen molar-refractivity contribution in [3.8, 4) is 0 Å². The number of nitrogens with zero attached hydrogens (tertiary/aromatic N) is 4. The quantitative estimate of drug-likeness (QED) is 0.522. The highest BCUT2D eigenvalue weighted by Crippen LogP contribution is 2.12. The average Bonchev–Trinajstić information content (AvgIpc) is 2.12. The van der Waals surface area contributed by atoms with Crippen LogP contribution in [0, 0.1) is 0 Å². The number of hydrogen-bond donors (Lipinski definition) is 1. The summed E-state index contributed by atoms with van der Waals surface area (Å²) in [6.45, 7) is 1.90. The Kier molecular flexibility index (Phi) is 1.57. The number of rotatable bonds is 1. The minimum Gasteiger partial charge on any atom is -0.172 e. The smallest absolute Gasteiger partial charge is 0.172 e. The van der Waals surface area contributed by atoms with Crippen molar-refractivity contribution in [2.24, 2.45) is 20.7 Å². The van der Waals surface area contributed by atoms with E-state index >= 15 is 0 Å². The molecule has 1 aliphatic rings.